The molecule has 1 aliphatic heterocycles. The van der Waals surface area contributed by atoms with Crippen LogP contribution in [0.15, 0.2) is 11.9 Å². The summed E-state index contributed by atoms with van der Waals surface area (Å²) in [5, 5.41) is 9.15. The Morgan fingerprint density at radius 3 is 2.44 bits per heavy atom. The third-order valence-corrected chi connectivity index (χ3v) is 3.90. The number of hydrogen-bond donors (Lipinski definition) is 1. The van der Waals surface area contributed by atoms with Gasteiger partial charge in [-0.25, -0.2) is 0 Å². The van der Waals surface area contributed by atoms with Gasteiger partial charge in [0.15, 0.2) is 6.29 Å². The number of rotatable bonds is 6. The van der Waals surface area contributed by atoms with Crippen molar-refractivity contribution in [1.29, 1.82) is 0 Å². The molecule has 1 fully saturated rings. The highest BCUT2D eigenvalue weighted by atomic mass is 31.2. The molecule has 1 N–H and O–H groups in total. The van der Waals surface area contributed by atoms with E-state index in [1.807, 2.05) is 0 Å². The minimum atomic E-state index is -3.13. The van der Waals surface area contributed by atoms with Gasteiger partial charge in [-0.3, -0.25) is 4.57 Å². The van der Waals surface area contributed by atoms with Crippen molar-refractivity contribution < 1.29 is 23.5 Å². The third kappa shape index (κ3) is 4.36. The zero-order valence-corrected chi connectivity index (χ0v) is 10.6. The molecule has 2 atom stereocenters. The highest BCUT2D eigenvalue weighted by Gasteiger charge is 2.24. The molecule has 1 rings (SSSR count). The second-order valence-corrected chi connectivity index (χ2v) is 5.32. The molecule has 1 aliphatic rings. The van der Waals surface area contributed by atoms with E-state index >= 15 is 0 Å². The standard InChI is InChI=1S/C10H19O5P/c1-3-13-16(12,14-4-2)8-7-9-5-6-10(11)15-9/h7-11H,3-6H2,1-2H3/b8-7+/t9-,10?/m0/s1. The van der Waals surface area contributed by atoms with Gasteiger partial charge >= 0.3 is 7.60 Å². The van der Waals surface area contributed by atoms with Gasteiger partial charge < -0.3 is 18.9 Å². The lowest BCUT2D eigenvalue weighted by Gasteiger charge is -2.13. The fraction of sp³-hybridized carbons (Fsp3) is 0.800. The molecule has 0 saturated carbocycles. The molecular weight excluding hydrogens is 231 g/mol. The van der Waals surface area contributed by atoms with Crippen LogP contribution < -0.4 is 0 Å². The van der Waals surface area contributed by atoms with Crippen LogP contribution in [0.1, 0.15) is 26.7 Å². The van der Waals surface area contributed by atoms with Crippen molar-refractivity contribution >= 4 is 7.60 Å². The maximum absolute atomic E-state index is 12.0. The van der Waals surface area contributed by atoms with E-state index in [4.69, 9.17) is 18.9 Å². The van der Waals surface area contributed by atoms with Crippen LogP contribution in [-0.2, 0) is 18.3 Å². The van der Waals surface area contributed by atoms with Gasteiger partial charge in [-0.05, 0) is 26.3 Å². The first kappa shape index (κ1) is 13.9. The number of hydrogen-bond acceptors (Lipinski definition) is 5. The summed E-state index contributed by atoms with van der Waals surface area (Å²) in [5.74, 6) is 1.42. The molecule has 0 bridgehead atoms. The third-order valence-electron chi connectivity index (χ3n) is 2.13. The van der Waals surface area contributed by atoms with Crippen LogP contribution in [0.25, 0.3) is 0 Å². The summed E-state index contributed by atoms with van der Waals surface area (Å²) < 4.78 is 27.3. The second-order valence-electron chi connectivity index (χ2n) is 3.42. The molecule has 0 aromatic carbocycles. The van der Waals surface area contributed by atoms with Crippen LogP contribution >= 0.6 is 7.60 Å². The smallest absolute Gasteiger partial charge is 0.353 e. The Morgan fingerprint density at radius 2 is 2.00 bits per heavy atom. The van der Waals surface area contributed by atoms with E-state index in [2.05, 4.69) is 0 Å². The van der Waals surface area contributed by atoms with Gasteiger partial charge in [-0.1, -0.05) is 0 Å². The van der Waals surface area contributed by atoms with E-state index in [0.717, 1.165) is 6.42 Å². The van der Waals surface area contributed by atoms with E-state index in [0.29, 0.717) is 19.6 Å². The van der Waals surface area contributed by atoms with Crippen LogP contribution in [0.4, 0.5) is 0 Å². The largest absolute Gasteiger partial charge is 0.368 e. The van der Waals surface area contributed by atoms with E-state index in [1.54, 1.807) is 19.9 Å². The molecule has 1 unspecified atom stereocenters. The average molecular weight is 250 g/mol. The Hall–Kier alpha value is -0.190. The quantitative estimate of drug-likeness (QED) is 0.732. The minimum absolute atomic E-state index is 0.204. The van der Waals surface area contributed by atoms with E-state index in [9.17, 15) is 4.57 Å². The highest BCUT2D eigenvalue weighted by molar-refractivity contribution is 7.57. The van der Waals surface area contributed by atoms with Crippen molar-refractivity contribution in [2.75, 3.05) is 13.2 Å². The summed E-state index contributed by atoms with van der Waals surface area (Å²) in [6.45, 7) is 4.18. The normalized spacial score (nSPS) is 26.7. The molecule has 6 heteroatoms. The van der Waals surface area contributed by atoms with Gasteiger partial charge in [0.25, 0.3) is 0 Å². The lowest BCUT2D eigenvalue weighted by atomic mass is 10.2. The Kier molecular flexibility index (Phi) is 5.66. The zero-order valence-electron chi connectivity index (χ0n) is 9.67. The van der Waals surface area contributed by atoms with Crippen LogP contribution in [0.3, 0.4) is 0 Å². The molecule has 0 amide bonds. The first-order valence-electron chi connectivity index (χ1n) is 5.51. The lowest BCUT2D eigenvalue weighted by molar-refractivity contribution is -0.0777. The summed E-state index contributed by atoms with van der Waals surface area (Å²) in [4.78, 5) is 0. The second kappa shape index (κ2) is 6.52. The fourth-order valence-electron chi connectivity index (χ4n) is 1.47. The molecule has 1 saturated heterocycles. The van der Waals surface area contributed by atoms with Crippen molar-refractivity contribution in [1.82, 2.24) is 0 Å². The van der Waals surface area contributed by atoms with Crippen molar-refractivity contribution in [3.63, 3.8) is 0 Å². The van der Waals surface area contributed by atoms with Gasteiger partial charge in [0.05, 0.1) is 19.3 Å². The topological polar surface area (TPSA) is 65.0 Å². The summed E-state index contributed by atoms with van der Waals surface area (Å²) >= 11 is 0. The number of aliphatic hydroxyl groups is 1. The van der Waals surface area contributed by atoms with E-state index < -0.39 is 13.9 Å². The summed E-state index contributed by atoms with van der Waals surface area (Å²) in [6, 6.07) is 0. The number of aliphatic hydroxyl groups excluding tert-OH is 1. The van der Waals surface area contributed by atoms with Crippen molar-refractivity contribution in [2.45, 2.75) is 39.1 Å². The van der Waals surface area contributed by atoms with Crippen molar-refractivity contribution in [2.24, 2.45) is 0 Å². The predicted molar refractivity (Wildman–Crippen MR) is 60.1 cm³/mol. The lowest BCUT2D eigenvalue weighted by Crippen LogP contribution is -2.07. The zero-order chi connectivity index (χ0) is 12.0. The van der Waals surface area contributed by atoms with Gasteiger partial charge in [0.1, 0.15) is 0 Å². The highest BCUT2D eigenvalue weighted by Crippen LogP contribution is 2.49. The Morgan fingerprint density at radius 1 is 1.38 bits per heavy atom. The maximum Gasteiger partial charge on any atom is 0.353 e. The first-order valence-corrected chi connectivity index (χ1v) is 7.12. The molecule has 0 aromatic rings. The van der Waals surface area contributed by atoms with Gasteiger partial charge in [0, 0.05) is 12.2 Å². The van der Waals surface area contributed by atoms with Crippen LogP contribution in [0.2, 0.25) is 0 Å². The average Bonchev–Trinajstić information content (AvgIpc) is 2.62. The number of ether oxygens (including phenoxy) is 1. The maximum atomic E-state index is 12.0. The molecule has 0 aliphatic carbocycles. The predicted octanol–water partition coefficient (Wildman–Crippen LogP) is 2.26. The minimum Gasteiger partial charge on any atom is -0.368 e. The van der Waals surface area contributed by atoms with Crippen LogP contribution in [0.5, 0.6) is 0 Å². The molecule has 1 heterocycles. The fourth-order valence-corrected chi connectivity index (χ4v) is 2.84. The Labute approximate surface area is 95.9 Å². The van der Waals surface area contributed by atoms with Crippen molar-refractivity contribution in [3.05, 3.63) is 11.9 Å². The summed E-state index contributed by atoms with van der Waals surface area (Å²) in [6.07, 6.45) is 2.04. The SMILES string of the molecule is CCOP(=O)(/C=C/[C@@H]1CCC(O)O1)OCC. The van der Waals surface area contributed by atoms with Crippen LogP contribution in [-0.4, -0.2) is 30.7 Å². The molecule has 0 radical (unpaired) electrons. The van der Waals surface area contributed by atoms with Gasteiger partial charge in [-0.2, -0.15) is 0 Å². The van der Waals surface area contributed by atoms with Gasteiger partial charge in [0.2, 0.25) is 0 Å². The molecule has 5 nitrogen and oxygen atoms in total. The molecule has 94 valence electrons. The van der Waals surface area contributed by atoms with E-state index in [1.165, 1.54) is 5.82 Å². The Balaban J connectivity index is 2.53. The first-order chi connectivity index (χ1) is 7.59. The summed E-state index contributed by atoms with van der Waals surface area (Å²) in [7, 11) is -3.13. The molecular formula is C10H19O5P. The molecule has 0 aromatic heterocycles. The van der Waals surface area contributed by atoms with Crippen molar-refractivity contribution in [3.8, 4) is 0 Å². The Bertz CT molecular complexity index is 268. The molecule has 16 heavy (non-hydrogen) atoms. The molecule has 0 spiro atoms. The van der Waals surface area contributed by atoms with Crippen LogP contribution in [0, 0.1) is 0 Å². The van der Waals surface area contributed by atoms with E-state index in [-0.39, 0.29) is 6.10 Å². The monoisotopic (exact) mass is 250 g/mol. The van der Waals surface area contributed by atoms with Gasteiger partial charge in [-0.15, -0.1) is 0 Å². The summed E-state index contributed by atoms with van der Waals surface area (Å²) in [5.41, 5.74) is 0.